The van der Waals surface area contributed by atoms with Crippen molar-refractivity contribution in [1.29, 1.82) is 0 Å². The number of nitrogens with one attached hydrogen (secondary N) is 1. The van der Waals surface area contributed by atoms with Gasteiger partial charge in [0, 0.05) is 29.5 Å². The van der Waals surface area contributed by atoms with Crippen molar-refractivity contribution >= 4 is 28.9 Å². The average molecular weight is 759 g/mol. The number of amides is 1. The molecule has 1 heterocycles. The zero-order valence-corrected chi connectivity index (χ0v) is 35.7. The van der Waals surface area contributed by atoms with E-state index in [1.807, 2.05) is 39.0 Å². The van der Waals surface area contributed by atoms with Crippen molar-refractivity contribution in [3.63, 3.8) is 0 Å². The first-order valence-corrected chi connectivity index (χ1v) is 20.2. The molecular formula is C49H62N2O3S. The third kappa shape index (κ3) is 16.5. The fourth-order valence-electron chi connectivity index (χ4n) is 5.84. The summed E-state index contributed by atoms with van der Waals surface area (Å²) in [5.41, 5.74) is 7.98. The van der Waals surface area contributed by atoms with Crippen LogP contribution in [0.3, 0.4) is 0 Å². The van der Waals surface area contributed by atoms with E-state index in [2.05, 4.69) is 150 Å². The summed E-state index contributed by atoms with van der Waals surface area (Å²) in [6, 6.07) is 37.3. The Morgan fingerprint density at radius 3 is 1.76 bits per heavy atom. The first kappa shape index (κ1) is 46.2. The van der Waals surface area contributed by atoms with Gasteiger partial charge >= 0.3 is 5.97 Å². The molecule has 5 rings (SSSR count). The molecule has 0 atom stereocenters. The fourth-order valence-corrected chi connectivity index (χ4v) is 6.80. The van der Waals surface area contributed by atoms with E-state index < -0.39 is 0 Å². The predicted molar refractivity (Wildman–Crippen MR) is 234 cm³/mol. The number of aryl methyl sites for hydroxylation is 2. The van der Waals surface area contributed by atoms with Crippen LogP contribution in [0.2, 0.25) is 0 Å². The number of anilines is 1. The molecule has 0 saturated heterocycles. The van der Waals surface area contributed by atoms with E-state index in [0.717, 1.165) is 22.0 Å². The standard InChI is InChI=1S/C16H18.C13H15NO.C10H15NO2S.C10H14/c1-13(2)16(14-9-5-3-6-10-14)15-11-7-4-8-12-15;1-4-11-6-5-7-12(9-11)14-13(15)8-10(2)3;1-5-13-10(12)8-7(4)11-9(14-8)6(2)3;1-8(2)10-7-5-4-6-9(10)3/h3-13,16H,1-2H3;1,5-7,9-10H,8H2,2-3H3,(H,14,15);6H,5H2,1-4H3;4-8H,1-3H3. The van der Waals surface area contributed by atoms with Crippen LogP contribution in [-0.2, 0) is 9.53 Å². The Morgan fingerprint density at radius 1 is 0.764 bits per heavy atom. The van der Waals surface area contributed by atoms with E-state index in [4.69, 9.17) is 11.2 Å². The largest absolute Gasteiger partial charge is 0.462 e. The summed E-state index contributed by atoms with van der Waals surface area (Å²) >= 11 is 1.43. The maximum Gasteiger partial charge on any atom is 0.350 e. The van der Waals surface area contributed by atoms with Crippen LogP contribution in [0.5, 0.6) is 0 Å². The van der Waals surface area contributed by atoms with Crippen molar-refractivity contribution < 1.29 is 14.3 Å². The SMILES string of the molecule is C#Cc1cccc(NC(=O)CC(C)C)c1.CC(C)C(c1ccccc1)c1ccccc1.CCOC(=O)c1sc(C(C)C)nc1C.Cc1ccccc1C(C)C. The lowest BCUT2D eigenvalue weighted by molar-refractivity contribution is -0.116. The number of carbonyl (C=O) groups excluding carboxylic acids is 2. The maximum absolute atomic E-state index is 11.5. The zero-order chi connectivity index (χ0) is 40.9. The molecule has 1 amide bonds. The van der Waals surface area contributed by atoms with Crippen LogP contribution in [-0.4, -0.2) is 23.5 Å². The van der Waals surface area contributed by atoms with Gasteiger partial charge in [-0.25, -0.2) is 9.78 Å². The van der Waals surface area contributed by atoms with Crippen molar-refractivity contribution in [2.45, 2.75) is 100 Å². The monoisotopic (exact) mass is 758 g/mol. The second-order valence-electron chi connectivity index (χ2n) is 14.8. The molecule has 5 aromatic rings. The molecule has 292 valence electrons. The second kappa shape index (κ2) is 24.4. The van der Waals surface area contributed by atoms with Gasteiger partial charge in [-0.05, 0) is 79.0 Å². The van der Waals surface area contributed by atoms with Crippen molar-refractivity contribution in [2.75, 3.05) is 11.9 Å². The van der Waals surface area contributed by atoms with Crippen LogP contribution < -0.4 is 5.32 Å². The van der Waals surface area contributed by atoms with Crippen LogP contribution in [0.25, 0.3) is 0 Å². The van der Waals surface area contributed by atoms with Crippen LogP contribution in [0, 0.1) is 38.0 Å². The molecule has 55 heavy (non-hydrogen) atoms. The highest BCUT2D eigenvalue weighted by Crippen LogP contribution is 2.31. The molecule has 0 unspecified atom stereocenters. The number of nitrogens with zero attached hydrogens (tertiary/aromatic N) is 1. The van der Waals surface area contributed by atoms with Gasteiger partial charge in [0.2, 0.25) is 5.91 Å². The number of hydrogen-bond acceptors (Lipinski definition) is 5. The molecule has 1 N–H and O–H groups in total. The molecule has 5 nitrogen and oxygen atoms in total. The normalized spacial score (nSPS) is 10.5. The zero-order valence-electron chi connectivity index (χ0n) is 34.9. The van der Waals surface area contributed by atoms with E-state index in [-0.39, 0.29) is 11.9 Å². The number of rotatable bonds is 10. The van der Waals surface area contributed by atoms with E-state index >= 15 is 0 Å². The average Bonchev–Trinajstić information content (AvgIpc) is 3.55. The van der Waals surface area contributed by atoms with Gasteiger partial charge in [0.25, 0.3) is 0 Å². The highest BCUT2D eigenvalue weighted by molar-refractivity contribution is 7.13. The summed E-state index contributed by atoms with van der Waals surface area (Å²) in [6.07, 6.45) is 5.80. The molecule has 6 heteroatoms. The van der Waals surface area contributed by atoms with E-state index in [9.17, 15) is 9.59 Å². The van der Waals surface area contributed by atoms with Gasteiger partial charge in [0.1, 0.15) is 4.88 Å². The van der Waals surface area contributed by atoms with E-state index in [0.29, 0.717) is 47.5 Å². The maximum atomic E-state index is 11.5. The van der Waals surface area contributed by atoms with Gasteiger partial charge in [0.15, 0.2) is 0 Å². The number of ether oxygens (including phenoxy) is 1. The van der Waals surface area contributed by atoms with E-state index in [1.54, 1.807) is 13.0 Å². The molecule has 0 spiro atoms. The minimum Gasteiger partial charge on any atom is -0.462 e. The highest BCUT2D eigenvalue weighted by atomic mass is 32.1. The smallest absolute Gasteiger partial charge is 0.350 e. The number of hydrogen-bond donors (Lipinski definition) is 1. The van der Waals surface area contributed by atoms with Gasteiger partial charge in [-0.3, -0.25) is 4.79 Å². The lowest BCUT2D eigenvalue weighted by Gasteiger charge is -2.21. The Labute approximate surface area is 336 Å². The molecule has 0 aliphatic rings. The van der Waals surface area contributed by atoms with Crippen LogP contribution in [0.4, 0.5) is 5.69 Å². The minimum atomic E-state index is -0.255. The molecule has 4 aromatic carbocycles. The Hall–Kier alpha value is -4.99. The molecule has 0 aliphatic carbocycles. The Morgan fingerprint density at radius 2 is 1.33 bits per heavy atom. The van der Waals surface area contributed by atoms with Crippen LogP contribution in [0.15, 0.2) is 109 Å². The third-order valence-corrected chi connectivity index (χ3v) is 9.91. The van der Waals surface area contributed by atoms with Crippen LogP contribution >= 0.6 is 11.3 Å². The minimum absolute atomic E-state index is 0.0270. The number of carbonyl (C=O) groups is 2. The molecule has 1 aromatic heterocycles. The number of benzene rings is 4. The van der Waals surface area contributed by atoms with Gasteiger partial charge in [-0.15, -0.1) is 17.8 Å². The lowest BCUT2D eigenvalue weighted by atomic mass is 9.83. The highest BCUT2D eigenvalue weighted by Gasteiger charge is 2.18. The summed E-state index contributed by atoms with van der Waals surface area (Å²) in [6.45, 7) is 23.4. The van der Waals surface area contributed by atoms with Gasteiger partial charge < -0.3 is 10.1 Å². The Balaban J connectivity index is 0.000000257. The van der Waals surface area contributed by atoms with Gasteiger partial charge in [0.05, 0.1) is 17.3 Å². The fraction of sp³-hybridized carbons (Fsp3) is 0.367. The third-order valence-electron chi connectivity index (χ3n) is 8.47. The molecular weight excluding hydrogens is 697 g/mol. The summed E-state index contributed by atoms with van der Waals surface area (Å²) in [5, 5.41) is 3.80. The van der Waals surface area contributed by atoms with Crippen molar-refractivity contribution in [2.24, 2.45) is 11.8 Å². The second-order valence-corrected chi connectivity index (χ2v) is 15.8. The summed E-state index contributed by atoms with van der Waals surface area (Å²) in [5.74, 6) is 4.80. The number of thiazole rings is 1. The number of esters is 1. The molecule has 0 radical (unpaired) electrons. The molecule has 0 saturated carbocycles. The first-order valence-electron chi connectivity index (χ1n) is 19.3. The van der Waals surface area contributed by atoms with Crippen molar-refractivity contribution in [1.82, 2.24) is 4.98 Å². The summed E-state index contributed by atoms with van der Waals surface area (Å²) in [7, 11) is 0. The number of aromatic nitrogens is 1. The summed E-state index contributed by atoms with van der Waals surface area (Å²) in [4.78, 5) is 27.9. The van der Waals surface area contributed by atoms with Crippen molar-refractivity contribution in [3.8, 4) is 12.3 Å². The number of terminal acetylenes is 1. The molecule has 0 bridgehead atoms. The van der Waals surface area contributed by atoms with E-state index in [1.165, 1.54) is 33.6 Å². The van der Waals surface area contributed by atoms with Crippen LogP contribution in [0.1, 0.15) is 135 Å². The quantitative estimate of drug-likeness (QED) is 0.114. The van der Waals surface area contributed by atoms with Crippen molar-refractivity contribution in [3.05, 3.63) is 153 Å². The molecule has 0 fully saturated rings. The Bertz CT molecular complexity index is 1860. The topological polar surface area (TPSA) is 68.3 Å². The lowest BCUT2D eigenvalue weighted by Crippen LogP contribution is -2.13. The predicted octanol–water partition coefficient (Wildman–Crippen LogP) is 13.0. The first-order chi connectivity index (χ1) is 26.2. The molecule has 0 aliphatic heterocycles. The summed E-state index contributed by atoms with van der Waals surface area (Å²) < 4.78 is 4.93. The van der Waals surface area contributed by atoms with Gasteiger partial charge in [-0.2, -0.15) is 0 Å². The van der Waals surface area contributed by atoms with Gasteiger partial charge in [-0.1, -0.05) is 152 Å². The Kier molecular flexibility index (Phi) is 20.5.